The molecule has 0 aromatic heterocycles. The number of Topliss-reactive ketones (excluding diaryl/α,β-unsaturated/α-hetero) is 2. The van der Waals surface area contributed by atoms with Crippen molar-refractivity contribution in [2.45, 2.75) is 63.6 Å². The largest absolute Gasteiger partial charge is 0.465 e. The van der Waals surface area contributed by atoms with E-state index in [1.54, 1.807) is 6.08 Å². The average molecular weight is 645 g/mol. The lowest BCUT2D eigenvalue weighted by molar-refractivity contribution is -0.151. The molecule has 0 aromatic carbocycles. The number of methoxy groups -OCH3 is 4. The Morgan fingerprint density at radius 3 is 1.76 bits per heavy atom. The van der Waals surface area contributed by atoms with Crippen molar-refractivity contribution >= 4 is 46.9 Å². The molecule has 2 N–H and O–H groups in total. The van der Waals surface area contributed by atoms with Crippen LogP contribution < -0.4 is 0 Å². The second kappa shape index (κ2) is 24.3. The number of carbonyl (C=O) groups is 6. The average Bonchev–Trinajstić information content (AvgIpc) is 4.02. The summed E-state index contributed by atoms with van der Waals surface area (Å²) in [5.41, 5.74) is 0.551. The molecule has 2 fully saturated rings. The Morgan fingerprint density at radius 2 is 1.38 bits per heavy atom. The van der Waals surface area contributed by atoms with Gasteiger partial charge in [0.2, 0.25) is 11.6 Å². The summed E-state index contributed by atoms with van der Waals surface area (Å²) >= 11 is 0. The lowest BCUT2D eigenvalue weighted by Gasteiger charge is -2.17. The van der Waals surface area contributed by atoms with Gasteiger partial charge < -0.3 is 38.7 Å². The van der Waals surface area contributed by atoms with Crippen molar-refractivity contribution in [2.75, 3.05) is 54.8 Å². The minimum Gasteiger partial charge on any atom is -0.465 e. The van der Waals surface area contributed by atoms with E-state index >= 15 is 0 Å². The highest BCUT2D eigenvalue weighted by Gasteiger charge is 2.25. The van der Waals surface area contributed by atoms with Crippen molar-refractivity contribution in [1.29, 1.82) is 0 Å². The number of hydrogen-bond donors (Lipinski definition) is 2. The molecule has 0 bridgehead atoms. The third kappa shape index (κ3) is 19.8. The van der Waals surface area contributed by atoms with Crippen LogP contribution >= 0.6 is 0 Å². The maximum Gasteiger partial charge on any atom is 0.374 e. The number of esters is 4. The number of carbonyl (C=O) groups excluding carboxylic acids is 6. The van der Waals surface area contributed by atoms with Gasteiger partial charge in [0.05, 0.1) is 53.9 Å². The van der Waals surface area contributed by atoms with Gasteiger partial charge in [0.1, 0.15) is 5.71 Å². The molecule has 3 heterocycles. The van der Waals surface area contributed by atoms with Crippen molar-refractivity contribution in [3.8, 4) is 0 Å². The molecule has 0 aliphatic carbocycles. The van der Waals surface area contributed by atoms with Crippen LogP contribution in [0.5, 0.6) is 0 Å². The number of ketones is 2. The van der Waals surface area contributed by atoms with Gasteiger partial charge in [0, 0.05) is 38.3 Å². The van der Waals surface area contributed by atoms with E-state index in [1.165, 1.54) is 28.4 Å². The molecule has 3 unspecified atom stereocenters. The first-order valence-electron chi connectivity index (χ1n) is 14.1. The highest BCUT2D eigenvalue weighted by Crippen LogP contribution is 2.16. The SMILES string of the molecule is C=CCCC(=O)C(=O)OC.COC(=O)/C(CCC1CO1)=N/O.COC(=O)C(=O)CCC1CO1.COC(=O)C1=NCC(CO)CC1. The molecule has 0 spiro atoms. The Hall–Kier alpha value is -4.02. The van der Waals surface area contributed by atoms with E-state index in [0.717, 1.165) is 13.0 Å². The number of hydrogen-bond acceptors (Lipinski definition) is 16. The summed E-state index contributed by atoms with van der Waals surface area (Å²) in [5, 5.41) is 20.0. The van der Waals surface area contributed by atoms with E-state index in [-0.39, 0.29) is 49.3 Å². The first kappa shape index (κ1) is 41.0. The summed E-state index contributed by atoms with van der Waals surface area (Å²) in [4.78, 5) is 68.1. The van der Waals surface area contributed by atoms with Gasteiger partial charge >= 0.3 is 23.9 Å². The van der Waals surface area contributed by atoms with Gasteiger partial charge in [0.25, 0.3) is 0 Å². The van der Waals surface area contributed by atoms with E-state index in [2.05, 4.69) is 35.7 Å². The van der Waals surface area contributed by atoms with Crippen LogP contribution in [0.25, 0.3) is 0 Å². The molecule has 16 heteroatoms. The molecule has 0 saturated carbocycles. The molecule has 2 saturated heterocycles. The van der Waals surface area contributed by atoms with Crippen molar-refractivity contribution in [2.24, 2.45) is 16.1 Å². The highest BCUT2D eigenvalue weighted by atomic mass is 16.6. The van der Waals surface area contributed by atoms with Gasteiger partial charge in [-0.25, -0.2) is 19.2 Å². The fourth-order valence-electron chi connectivity index (χ4n) is 3.22. The predicted octanol–water partition coefficient (Wildman–Crippen LogP) is 0.774. The topological polar surface area (TPSA) is 230 Å². The fraction of sp³-hybridized carbons (Fsp3) is 0.655. The summed E-state index contributed by atoms with van der Waals surface area (Å²) in [6.07, 6.45) is 6.14. The van der Waals surface area contributed by atoms with Gasteiger partial charge in [0.15, 0.2) is 5.71 Å². The van der Waals surface area contributed by atoms with Crippen LogP contribution in [0.3, 0.4) is 0 Å². The number of epoxide rings is 2. The highest BCUT2D eigenvalue weighted by molar-refractivity contribution is 6.37. The van der Waals surface area contributed by atoms with Crippen molar-refractivity contribution < 1.29 is 67.5 Å². The van der Waals surface area contributed by atoms with Crippen LogP contribution in [0.15, 0.2) is 22.8 Å². The maximum atomic E-state index is 10.9. The van der Waals surface area contributed by atoms with Crippen molar-refractivity contribution in [3.63, 3.8) is 0 Å². The number of aliphatic hydroxyl groups is 1. The monoisotopic (exact) mass is 644 g/mol. The molecule has 16 nitrogen and oxygen atoms in total. The smallest absolute Gasteiger partial charge is 0.374 e. The lowest BCUT2D eigenvalue weighted by Crippen LogP contribution is -2.24. The second-order valence-electron chi connectivity index (χ2n) is 9.55. The van der Waals surface area contributed by atoms with Crippen LogP contribution in [-0.4, -0.2) is 124 Å². The van der Waals surface area contributed by atoms with Gasteiger partial charge in [-0.15, -0.1) is 6.58 Å². The van der Waals surface area contributed by atoms with Gasteiger partial charge in [-0.3, -0.25) is 14.6 Å². The van der Waals surface area contributed by atoms with Crippen LogP contribution in [0, 0.1) is 5.92 Å². The molecule has 3 atom stereocenters. The van der Waals surface area contributed by atoms with Crippen LogP contribution in [0.4, 0.5) is 0 Å². The molecule has 0 radical (unpaired) electrons. The summed E-state index contributed by atoms with van der Waals surface area (Å²) < 4.78 is 27.1. The summed E-state index contributed by atoms with van der Waals surface area (Å²) in [6.45, 7) is 5.56. The molecule has 254 valence electrons. The lowest BCUT2D eigenvalue weighted by atomic mass is 9.99. The molecular formula is C29H44N2O14. The zero-order chi connectivity index (χ0) is 34.2. The predicted molar refractivity (Wildman–Crippen MR) is 157 cm³/mol. The first-order chi connectivity index (χ1) is 21.5. The van der Waals surface area contributed by atoms with E-state index in [0.29, 0.717) is 51.0 Å². The number of aliphatic hydroxyl groups excluding tert-OH is 1. The molecule has 3 aliphatic rings. The Balaban J connectivity index is 0.000000575. The minimum atomic E-state index is -0.776. The summed E-state index contributed by atoms with van der Waals surface area (Å²) in [7, 11) is 4.99. The van der Waals surface area contributed by atoms with E-state index < -0.39 is 29.5 Å². The normalized spacial score (nSPS) is 19.1. The molecule has 45 heavy (non-hydrogen) atoms. The fourth-order valence-corrected chi connectivity index (χ4v) is 3.22. The minimum absolute atomic E-state index is 0.0491. The first-order valence-corrected chi connectivity index (χ1v) is 14.1. The van der Waals surface area contributed by atoms with Gasteiger partial charge in [-0.05, 0) is 32.1 Å². The Bertz CT molecular complexity index is 1050. The third-order valence-corrected chi connectivity index (χ3v) is 6.15. The van der Waals surface area contributed by atoms with E-state index in [1.807, 2.05) is 0 Å². The second-order valence-corrected chi connectivity index (χ2v) is 9.55. The molecule has 3 rings (SSSR count). The van der Waals surface area contributed by atoms with Gasteiger partial charge in [-0.1, -0.05) is 11.2 Å². The van der Waals surface area contributed by atoms with Crippen molar-refractivity contribution in [1.82, 2.24) is 0 Å². The number of oxime groups is 1. The zero-order valence-electron chi connectivity index (χ0n) is 26.2. The Kier molecular flexibility index (Phi) is 22.1. The summed E-state index contributed by atoms with van der Waals surface area (Å²) in [5.74, 6) is -3.21. The number of ether oxygens (including phenoxy) is 6. The molecule has 0 amide bonds. The molecule has 3 aliphatic heterocycles. The zero-order valence-corrected chi connectivity index (χ0v) is 26.2. The van der Waals surface area contributed by atoms with Crippen LogP contribution in [0.2, 0.25) is 0 Å². The standard InChI is InChI=1S/C8H13NO3.C7H11NO4.C7H10O4.C7H10O3/c1-12-8(11)7-3-2-6(5-10)4-9-7;1-11-7(9)6(8-10)3-2-5-4-12-5;1-10-7(9)6(8)3-2-5-4-11-5;1-3-4-5-6(8)7(9)10-2/h6,10H,2-5H2,1H3;5,10H,2-4H2,1H3;5H,2-4H2,1H3;3H,1,4-5H2,2H3/b;8-6+;;. The Morgan fingerprint density at radius 1 is 0.867 bits per heavy atom. The summed E-state index contributed by atoms with van der Waals surface area (Å²) in [6, 6.07) is 0. The van der Waals surface area contributed by atoms with E-state index in [9.17, 15) is 28.8 Å². The Labute approximate surface area is 261 Å². The third-order valence-electron chi connectivity index (χ3n) is 6.15. The molecule has 0 aromatic rings. The van der Waals surface area contributed by atoms with Gasteiger partial charge in [-0.2, -0.15) is 0 Å². The van der Waals surface area contributed by atoms with Crippen LogP contribution in [-0.2, 0) is 57.2 Å². The number of aliphatic imine (C=N–C) groups is 1. The van der Waals surface area contributed by atoms with Crippen molar-refractivity contribution in [3.05, 3.63) is 12.7 Å². The molecular weight excluding hydrogens is 600 g/mol. The van der Waals surface area contributed by atoms with Crippen LogP contribution in [0.1, 0.15) is 51.4 Å². The number of allylic oxidation sites excluding steroid dienone is 1. The van der Waals surface area contributed by atoms with E-state index in [4.69, 9.17) is 19.8 Å². The number of rotatable bonds is 14. The maximum absolute atomic E-state index is 10.9. The number of nitrogens with zero attached hydrogens (tertiary/aromatic N) is 2. The quantitative estimate of drug-likeness (QED) is 0.0389.